The van der Waals surface area contributed by atoms with Gasteiger partial charge in [-0.2, -0.15) is 5.26 Å². The molecule has 1 amide bonds. The predicted octanol–water partition coefficient (Wildman–Crippen LogP) is 2.91. The lowest BCUT2D eigenvalue weighted by Crippen LogP contribution is -2.10. The molecule has 2 rings (SSSR count). The van der Waals surface area contributed by atoms with Gasteiger partial charge in [-0.15, -0.1) is 0 Å². The zero-order chi connectivity index (χ0) is 14.4. The van der Waals surface area contributed by atoms with Crippen LogP contribution in [0.25, 0.3) is 6.08 Å². The Kier molecular flexibility index (Phi) is 4.25. The largest absolute Gasteiger partial charge is 0.307 e. The smallest absolute Gasteiger partial charge is 0.249 e. The van der Waals surface area contributed by atoms with Gasteiger partial charge in [-0.1, -0.05) is 18.2 Å². The summed E-state index contributed by atoms with van der Waals surface area (Å²) in [6.45, 7) is 1.88. The van der Waals surface area contributed by atoms with E-state index in [4.69, 9.17) is 5.26 Å². The molecule has 20 heavy (non-hydrogen) atoms. The summed E-state index contributed by atoms with van der Waals surface area (Å²) in [4.78, 5) is 15.9. The summed E-state index contributed by atoms with van der Waals surface area (Å²) in [5.41, 5.74) is 2.27. The Balaban J connectivity index is 2.06. The number of aryl methyl sites for hydroxylation is 1. The first-order valence-electron chi connectivity index (χ1n) is 6.10. The lowest BCUT2D eigenvalue weighted by Gasteiger charge is -2.03. The molecule has 4 heteroatoms. The van der Waals surface area contributed by atoms with Gasteiger partial charge >= 0.3 is 0 Å². The maximum atomic E-state index is 11.8. The molecule has 1 aromatic carbocycles. The third-order valence-electron chi connectivity index (χ3n) is 2.69. The van der Waals surface area contributed by atoms with Crippen molar-refractivity contribution in [3.8, 4) is 6.07 Å². The summed E-state index contributed by atoms with van der Waals surface area (Å²) >= 11 is 0. The average Bonchev–Trinajstić information content (AvgIpc) is 2.48. The molecule has 0 bridgehead atoms. The molecule has 98 valence electrons. The number of carbonyl (C=O) groups is 1. The zero-order valence-electron chi connectivity index (χ0n) is 11.0. The minimum absolute atomic E-state index is 0.255. The van der Waals surface area contributed by atoms with Crippen LogP contribution in [0.3, 0.4) is 0 Å². The summed E-state index contributed by atoms with van der Waals surface area (Å²) in [5, 5.41) is 11.5. The van der Waals surface area contributed by atoms with Crippen LogP contribution in [0.2, 0.25) is 0 Å². The van der Waals surface area contributed by atoms with Gasteiger partial charge in [0.15, 0.2) is 0 Å². The van der Waals surface area contributed by atoms with Crippen LogP contribution in [0.4, 0.5) is 5.82 Å². The number of amides is 1. The number of nitriles is 1. The molecule has 1 aromatic heterocycles. The molecule has 0 saturated carbocycles. The van der Waals surface area contributed by atoms with E-state index in [1.807, 2.05) is 25.1 Å². The number of anilines is 1. The van der Waals surface area contributed by atoms with Crippen molar-refractivity contribution in [3.05, 3.63) is 65.4 Å². The number of nitrogens with zero attached hydrogens (tertiary/aromatic N) is 2. The molecule has 4 nitrogen and oxygen atoms in total. The Labute approximate surface area is 117 Å². The molecule has 2 aromatic rings. The van der Waals surface area contributed by atoms with Gasteiger partial charge in [0.25, 0.3) is 0 Å². The van der Waals surface area contributed by atoms with Crippen LogP contribution in [0.5, 0.6) is 0 Å². The highest BCUT2D eigenvalue weighted by atomic mass is 16.1. The topological polar surface area (TPSA) is 65.8 Å². The van der Waals surface area contributed by atoms with E-state index in [2.05, 4.69) is 16.4 Å². The van der Waals surface area contributed by atoms with E-state index < -0.39 is 0 Å². The first kappa shape index (κ1) is 13.5. The Morgan fingerprint density at radius 3 is 2.95 bits per heavy atom. The number of carbonyl (C=O) groups excluding carboxylic acids is 1. The molecule has 0 spiro atoms. The number of pyridine rings is 1. The Hall–Kier alpha value is -2.93. The van der Waals surface area contributed by atoms with Crippen molar-refractivity contribution < 1.29 is 4.79 Å². The first-order valence-corrected chi connectivity index (χ1v) is 6.10. The van der Waals surface area contributed by atoms with Crippen molar-refractivity contribution in [2.24, 2.45) is 0 Å². The fourth-order valence-corrected chi connectivity index (χ4v) is 1.66. The highest BCUT2D eigenvalue weighted by Gasteiger charge is 2.01. The Morgan fingerprint density at radius 2 is 2.20 bits per heavy atom. The molecule has 1 heterocycles. The first-order chi connectivity index (χ1) is 9.69. The van der Waals surface area contributed by atoms with E-state index in [-0.39, 0.29) is 5.91 Å². The second-order valence-electron chi connectivity index (χ2n) is 4.23. The summed E-state index contributed by atoms with van der Waals surface area (Å²) in [6.07, 6.45) is 4.71. The molecule has 0 atom stereocenters. The van der Waals surface area contributed by atoms with Gasteiger partial charge in [-0.25, -0.2) is 4.98 Å². The highest BCUT2D eigenvalue weighted by molar-refractivity contribution is 6.01. The zero-order valence-corrected chi connectivity index (χ0v) is 11.0. The Morgan fingerprint density at radius 1 is 1.35 bits per heavy atom. The molecule has 0 aliphatic carbocycles. The van der Waals surface area contributed by atoms with Crippen molar-refractivity contribution in [3.63, 3.8) is 0 Å². The molecule has 0 fully saturated rings. The molecule has 0 aliphatic heterocycles. The van der Waals surface area contributed by atoms with Gasteiger partial charge in [0, 0.05) is 12.3 Å². The monoisotopic (exact) mass is 263 g/mol. The standard InChI is InChI=1S/C16H13N3O/c1-12-4-3-9-18-16(12)19-15(20)8-7-13-5-2-6-14(10-13)11-17/h2-10H,1H3,(H,18,19,20)/b8-7+. The number of aromatic nitrogens is 1. The van der Waals surface area contributed by atoms with Gasteiger partial charge in [0.05, 0.1) is 11.6 Å². The summed E-state index contributed by atoms with van der Waals surface area (Å²) in [7, 11) is 0. The SMILES string of the molecule is Cc1cccnc1NC(=O)/C=C/c1cccc(C#N)c1. The lowest BCUT2D eigenvalue weighted by atomic mass is 10.1. The average molecular weight is 263 g/mol. The van der Waals surface area contributed by atoms with Gasteiger partial charge in [0.1, 0.15) is 5.82 Å². The van der Waals surface area contributed by atoms with E-state index in [9.17, 15) is 4.79 Å². The second-order valence-corrected chi connectivity index (χ2v) is 4.23. The van der Waals surface area contributed by atoms with Crippen LogP contribution in [-0.4, -0.2) is 10.9 Å². The van der Waals surface area contributed by atoms with E-state index in [0.29, 0.717) is 11.4 Å². The van der Waals surface area contributed by atoms with E-state index in [1.165, 1.54) is 6.08 Å². The Bertz CT molecular complexity index is 699. The maximum Gasteiger partial charge on any atom is 0.249 e. The highest BCUT2D eigenvalue weighted by Crippen LogP contribution is 2.10. The minimum atomic E-state index is -0.255. The summed E-state index contributed by atoms with van der Waals surface area (Å²) in [6, 6.07) is 12.8. The number of benzene rings is 1. The summed E-state index contributed by atoms with van der Waals surface area (Å²) in [5.74, 6) is 0.294. The normalized spacial score (nSPS) is 10.2. The third-order valence-corrected chi connectivity index (χ3v) is 2.69. The van der Waals surface area contributed by atoms with Gasteiger partial charge < -0.3 is 5.32 Å². The van der Waals surface area contributed by atoms with Crippen molar-refractivity contribution in [1.29, 1.82) is 5.26 Å². The van der Waals surface area contributed by atoms with Crippen molar-refractivity contribution >= 4 is 17.8 Å². The van der Waals surface area contributed by atoms with E-state index >= 15 is 0 Å². The third kappa shape index (κ3) is 3.53. The van der Waals surface area contributed by atoms with Crippen LogP contribution in [0, 0.1) is 18.3 Å². The molecule has 0 saturated heterocycles. The maximum absolute atomic E-state index is 11.8. The van der Waals surface area contributed by atoms with Crippen molar-refractivity contribution in [2.45, 2.75) is 6.92 Å². The molecular formula is C16H13N3O. The van der Waals surface area contributed by atoms with Crippen molar-refractivity contribution in [2.75, 3.05) is 5.32 Å². The number of rotatable bonds is 3. The summed E-state index contributed by atoms with van der Waals surface area (Å²) < 4.78 is 0. The number of nitrogens with one attached hydrogen (secondary N) is 1. The minimum Gasteiger partial charge on any atom is -0.307 e. The molecule has 1 N–H and O–H groups in total. The van der Waals surface area contributed by atoms with Crippen LogP contribution in [0.15, 0.2) is 48.7 Å². The predicted molar refractivity (Wildman–Crippen MR) is 77.8 cm³/mol. The van der Waals surface area contributed by atoms with E-state index in [1.54, 1.807) is 30.5 Å². The van der Waals surface area contributed by atoms with Gasteiger partial charge in [-0.3, -0.25) is 4.79 Å². The van der Waals surface area contributed by atoms with Crippen LogP contribution in [-0.2, 0) is 4.79 Å². The molecular weight excluding hydrogens is 250 g/mol. The fraction of sp³-hybridized carbons (Fsp3) is 0.0625. The van der Waals surface area contributed by atoms with Crippen LogP contribution in [0.1, 0.15) is 16.7 Å². The van der Waals surface area contributed by atoms with Crippen molar-refractivity contribution in [1.82, 2.24) is 4.98 Å². The fourth-order valence-electron chi connectivity index (χ4n) is 1.66. The van der Waals surface area contributed by atoms with Gasteiger partial charge in [0.2, 0.25) is 5.91 Å². The molecule has 0 unspecified atom stereocenters. The molecule has 0 aliphatic rings. The lowest BCUT2D eigenvalue weighted by molar-refractivity contribution is -0.111. The number of hydrogen-bond donors (Lipinski definition) is 1. The van der Waals surface area contributed by atoms with Crippen LogP contribution < -0.4 is 5.32 Å². The second kappa shape index (κ2) is 6.30. The molecule has 0 radical (unpaired) electrons. The van der Waals surface area contributed by atoms with Gasteiger partial charge in [-0.05, 0) is 42.3 Å². The number of hydrogen-bond acceptors (Lipinski definition) is 3. The van der Waals surface area contributed by atoms with Crippen LogP contribution >= 0.6 is 0 Å². The van der Waals surface area contributed by atoms with E-state index in [0.717, 1.165) is 11.1 Å². The quantitative estimate of drug-likeness (QED) is 0.866.